The Morgan fingerprint density at radius 3 is 2.28 bits per heavy atom. The molecule has 2 rings (SSSR count). The number of anilines is 1. The van der Waals surface area contributed by atoms with E-state index in [2.05, 4.69) is 5.32 Å². The highest BCUT2D eigenvalue weighted by Gasteiger charge is 2.22. The molecule has 0 aliphatic heterocycles. The van der Waals surface area contributed by atoms with Gasteiger partial charge < -0.3 is 14.8 Å². The minimum absolute atomic E-state index is 0.0393. The van der Waals surface area contributed by atoms with Gasteiger partial charge in [0.25, 0.3) is 0 Å². The molecule has 0 radical (unpaired) electrons. The number of para-hydroxylation sites is 1. The van der Waals surface area contributed by atoms with Crippen LogP contribution in [0.5, 0.6) is 0 Å². The maximum Gasteiger partial charge on any atom is 0.343 e. The third kappa shape index (κ3) is 6.31. The molecule has 0 heterocycles. The summed E-state index contributed by atoms with van der Waals surface area (Å²) in [5.74, 6) is -1.77. The Morgan fingerprint density at radius 2 is 1.62 bits per heavy atom. The number of carbonyl (C=O) groups excluding carboxylic acids is 3. The molecular weight excluding hydrogens is 370 g/mol. The van der Waals surface area contributed by atoms with Gasteiger partial charge in [0, 0.05) is 23.4 Å². The number of rotatable bonds is 9. The summed E-state index contributed by atoms with van der Waals surface area (Å²) in [4.78, 5) is 36.7. The smallest absolute Gasteiger partial charge is 0.343 e. The fraction of sp³-hybridized carbons (Fsp3) is 0.261. The van der Waals surface area contributed by atoms with Gasteiger partial charge in [0.05, 0.1) is 12.2 Å². The lowest BCUT2D eigenvalue weighted by Gasteiger charge is -2.12. The van der Waals surface area contributed by atoms with Crippen molar-refractivity contribution in [3.05, 3.63) is 77.5 Å². The van der Waals surface area contributed by atoms with Crippen molar-refractivity contribution in [1.82, 2.24) is 0 Å². The molecule has 1 N–H and O–H groups in total. The van der Waals surface area contributed by atoms with Crippen molar-refractivity contribution < 1.29 is 23.9 Å². The minimum Gasteiger partial charge on any atom is -0.462 e. The molecular formula is C23H25NO5. The first kappa shape index (κ1) is 21.9. The molecule has 0 aliphatic rings. The van der Waals surface area contributed by atoms with Crippen molar-refractivity contribution >= 4 is 23.4 Å². The lowest BCUT2D eigenvalue weighted by Crippen LogP contribution is -2.21. The molecule has 152 valence electrons. The highest BCUT2D eigenvalue weighted by Crippen LogP contribution is 2.18. The summed E-state index contributed by atoms with van der Waals surface area (Å²) < 4.78 is 10.4. The van der Waals surface area contributed by atoms with Crippen LogP contribution in [0.4, 0.5) is 5.69 Å². The van der Waals surface area contributed by atoms with Crippen LogP contribution in [-0.2, 0) is 25.7 Å². The summed E-state index contributed by atoms with van der Waals surface area (Å²) in [6, 6.07) is 15.9. The van der Waals surface area contributed by atoms with Gasteiger partial charge in [-0.05, 0) is 25.1 Å². The topological polar surface area (TPSA) is 81.7 Å². The van der Waals surface area contributed by atoms with Gasteiger partial charge in [0.2, 0.25) is 0 Å². The highest BCUT2D eigenvalue weighted by molar-refractivity contribution is 6.18. The van der Waals surface area contributed by atoms with Crippen LogP contribution < -0.4 is 5.32 Å². The molecule has 6 heteroatoms. The second-order valence-electron chi connectivity index (χ2n) is 6.54. The van der Waals surface area contributed by atoms with E-state index in [1.165, 1.54) is 6.20 Å². The second kappa shape index (κ2) is 10.8. The third-order valence-corrected chi connectivity index (χ3v) is 4.04. The summed E-state index contributed by atoms with van der Waals surface area (Å²) in [6.07, 6.45) is 1.35. The molecule has 6 nitrogen and oxygen atoms in total. The van der Waals surface area contributed by atoms with E-state index in [1.807, 2.05) is 12.1 Å². The Bertz CT molecular complexity index is 887. The Labute approximate surface area is 170 Å². The van der Waals surface area contributed by atoms with E-state index >= 15 is 0 Å². The van der Waals surface area contributed by atoms with Crippen molar-refractivity contribution in [3.8, 4) is 0 Å². The Balaban J connectivity index is 2.16. The number of carbonyl (C=O) groups is 3. The van der Waals surface area contributed by atoms with Crippen molar-refractivity contribution in [2.24, 2.45) is 5.92 Å². The average molecular weight is 395 g/mol. The van der Waals surface area contributed by atoms with Crippen LogP contribution in [0.25, 0.3) is 0 Å². The highest BCUT2D eigenvalue weighted by atomic mass is 16.5. The number of hydrogen-bond donors (Lipinski definition) is 1. The molecule has 2 aromatic carbocycles. The van der Waals surface area contributed by atoms with Gasteiger partial charge in [0.15, 0.2) is 5.78 Å². The van der Waals surface area contributed by atoms with E-state index in [4.69, 9.17) is 9.47 Å². The van der Waals surface area contributed by atoms with Crippen LogP contribution in [0.3, 0.4) is 0 Å². The van der Waals surface area contributed by atoms with Crippen LogP contribution >= 0.6 is 0 Å². The molecule has 0 amide bonds. The zero-order valence-electron chi connectivity index (χ0n) is 16.8. The number of benzene rings is 2. The van der Waals surface area contributed by atoms with Crippen molar-refractivity contribution in [2.75, 3.05) is 11.9 Å². The van der Waals surface area contributed by atoms with E-state index in [0.29, 0.717) is 16.8 Å². The Morgan fingerprint density at radius 1 is 0.966 bits per heavy atom. The Hall–Kier alpha value is -3.41. The Kier molecular flexibility index (Phi) is 8.15. The first-order chi connectivity index (χ1) is 13.9. The van der Waals surface area contributed by atoms with Gasteiger partial charge in [-0.25, -0.2) is 9.59 Å². The van der Waals surface area contributed by atoms with E-state index < -0.39 is 11.9 Å². The molecule has 0 unspecified atom stereocenters. The molecule has 29 heavy (non-hydrogen) atoms. The molecule has 0 fully saturated rings. The molecule has 2 aromatic rings. The lowest BCUT2D eigenvalue weighted by molar-refractivity contribution is -0.140. The normalized spacial score (nSPS) is 11.1. The van der Waals surface area contributed by atoms with E-state index in [-0.39, 0.29) is 30.5 Å². The maximum absolute atomic E-state index is 12.4. The zero-order chi connectivity index (χ0) is 21.2. The largest absolute Gasteiger partial charge is 0.462 e. The number of ketones is 1. The number of esters is 2. The third-order valence-electron chi connectivity index (χ3n) is 4.04. The molecule has 0 atom stereocenters. The SMILES string of the molecule is CCOC(=O)C(=CNc1ccccc1COC(=O)c1ccccc1)C(=O)C(C)C. The van der Waals surface area contributed by atoms with Crippen LogP contribution in [0, 0.1) is 5.92 Å². The van der Waals surface area contributed by atoms with Gasteiger partial charge >= 0.3 is 11.9 Å². The van der Waals surface area contributed by atoms with Gasteiger partial charge in [0.1, 0.15) is 12.2 Å². The quantitative estimate of drug-likeness (QED) is 0.298. The number of hydrogen-bond acceptors (Lipinski definition) is 6. The average Bonchev–Trinajstić information content (AvgIpc) is 2.73. The van der Waals surface area contributed by atoms with Crippen LogP contribution in [-0.4, -0.2) is 24.3 Å². The zero-order valence-corrected chi connectivity index (χ0v) is 16.8. The molecule has 0 spiro atoms. The summed E-state index contributed by atoms with van der Waals surface area (Å²) in [7, 11) is 0. The number of Topliss-reactive ketones (excluding diaryl/α,β-unsaturated/α-hetero) is 1. The monoisotopic (exact) mass is 395 g/mol. The fourth-order valence-corrected chi connectivity index (χ4v) is 2.49. The number of nitrogens with one attached hydrogen (secondary N) is 1. The first-order valence-electron chi connectivity index (χ1n) is 9.42. The molecule has 0 saturated heterocycles. The lowest BCUT2D eigenvalue weighted by atomic mass is 10.0. The minimum atomic E-state index is -0.674. The maximum atomic E-state index is 12.4. The predicted octanol–water partition coefficient (Wildman–Crippen LogP) is 4.13. The number of ether oxygens (including phenoxy) is 2. The van der Waals surface area contributed by atoms with Crippen molar-refractivity contribution in [1.29, 1.82) is 0 Å². The summed E-state index contributed by atoms with van der Waals surface area (Å²) >= 11 is 0. The van der Waals surface area contributed by atoms with E-state index in [1.54, 1.807) is 63.2 Å². The van der Waals surface area contributed by atoms with Gasteiger partial charge in [-0.1, -0.05) is 50.2 Å². The molecule has 0 bridgehead atoms. The fourth-order valence-electron chi connectivity index (χ4n) is 2.49. The summed E-state index contributed by atoms with van der Waals surface area (Å²) in [5, 5.41) is 2.98. The molecule has 0 aromatic heterocycles. The summed E-state index contributed by atoms with van der Waals surface area (Å²) in [6.45, 7) is 5.32. The van der Waals surface area contributed by atoms with Gasteiger partial charge in [-0.15, -0.1) is 0 Å². The standard InChI is InChI=1S/C23H25NO5/c1-4-28-23(27)19(21(25)16(2)3)14-24-20-13-9-8-12-18(20)15-29-22(26)17-10-6-5-7-11-17/h5-14,16,24H,4,15H2,1-3H3. The predicted molar refractivity (Wildman–Crippen MR) is 110 cm³/mol. The van der Waals surface area contributed by atoms with E-state index in [0.717, 1.165) is 0 Å². The van der Waals surface area contributed by atoms with Crippen LogP contribution in [0.1, 0.15) is 36.7 Å². The van der Waals surface area contributed by atoms with Crippen molar-refractivity contribution in [2.45, 2.75) is 27.4 Å². The van der Waals surface area contributed by atoms with Crippen LogP contribution in [0.15, 0.2) is 66.4 Å². The van der Waals surface area contributed by atoms with Gasteiger partial charge in [-0.2, -0.15) is 0 Å². The molecule has 0 aliphatic carbocycles. The van der Waals surface area contributed by atoms with Gasteiger partial charge in [-0.3, -0.25) is 4.79 Å². The summed E-state index contributed by atoms with van der Waals surface area (Å²) in [5.41, 5.74) is 1.72. The first-order valence-corrected chi connectivity index (χ1v) is 9.42. The van der Waals surface area contributed by atoms with E-state index in [9.17, 15) is 14.4 Å². The van der Waals surface area contributed by atoms with Crippen molar-refractivity contribution in [3.63, 3.8) is 0 Å². The second-order valence-corrected chi connectivity index (χ2v) is 6.54. The van der Waals surface area contributed by atoms with Crippen LogP contribution in [0.2, 0.25) is 0 Å². The molecule has 0 saturated carbocycles.